The van der Waals surface area contributed by atoms with Gasteiger partial charge in [-0.3, -0.25) is 4.79 Å². The summed E-state index contributed by atoms with van der Waals surface area (Å²) >= 11 is 11.6. The van der Waals surface area contributed by atoms with Gasteiger partial charge >= 0.3 is 0 Å². The van der Waals surface area contributed by atoms with Gasteiger partial charge < -0.3 is 9.73 Å². The van der Waals surface area contributed by atoms with Gasteiger partial charge in [0.25, 0.3) is 5.91 Å². The number of nitrogens with one attached hydrogen (secondary N) is 1. The highest BCUT2D eigenvalue weighted by Crippen LogP contribution is 2.23. The molecule has 4 nitrogen and oxygen atoms in total. The van der Waals surface area contributed by atoms with E-state index in [1.165, 1.54) is 24.5 Å². The van der Waals surface area contributed by atoms with Gasteiger partial charge in [0.2, 0.25) is 0 Å². The number of amides is 1. The zero-order chi connectivity index (χ0) is 13.8. The highest BCUT2D eigenvalue weighted by atomic mass is 35.5. The summed E-state index contributed by atoms with van der Waals surface area (Å²) < 4.78 is 5.08. The molecular formula is C13H8Cl2N2O2. The number of hydrogen-bond donors (Lipinski definition) is 1. The van der Waals surface area contributed by atoms with Gasteiger partial charge in [0.1, 0.15) is 5.76 Å². The fraction of sp³-hybridized carbons (Fsp3) is 0.0769. The number of furan rings is 1. The average molecular weight is 295 g/mol. The second kappa shape index (κ2) is 5.79. The van der Waals surface area contributed by atoms with E-state index in [0.717, 1.165) is 0 Å². The third-order valence-corrected chi connectivity index (χ3v) is 3.15. The molecule has 96 valence electrons. The predicted octanol–water partition coefficient (Wildman–Crippen LogP) is 3.58. The van der Waals surface area contributed by atoms with E-state index in [0.29, 0.717) is 16.3 Å². The van der Waals surface area contributed by atoms with Crippen LogP contribution in [-0.2, 0) is 0 Å². The molecule has 0 bridgehead atoms. The van der Waals surface area contributed by atoms with Crippen molar-refractivity contribution in [1.82, 2.24) is 5.32 Å². The lowest BCUT2D eigenvalue weighted by molar-refractivity contribution is 0.0941. The van der Waals surface area contributed by atoms with Gasteiger partial charge in [0.05, 0.1) is 22.4 Å². The molecule has 0 saturated carbocycles. The van der Waals surface area contributed by atoms with Crippen LogP contribution in [0.3, 0.4) is 0 Å². The van der Waals surface area contributed by atoms with Crippen LogP contribution in [0.15, 0.2) is 41.0 Å². The lowest BCUT2D eigenvalue weighted by Crippen LogP contribution is -2.27. The van der Waals surface area contributed by atoms with E-state index in [-0.39, 0.29) is 5.02 Å². The van der Waals surface area contributed by atoms with Gasteiger partial charge in [-0.25, -0.2) is 0 Å². The highest BCUT2D eigenvalue weighted by molar-refractivity contribution is 6.42. The van der Waals surface area contributed by atoms with Crippen molar-refractivity contribution < 1.29 is 9.21 Å². The van der Waals surface area contributed by atoms with Crippen LogP contribution in [0, 0.1) is 11.3 Å². The van der Waals surface area contributed by atoms with Crippen molar-refractivity contribution in [2.45, 2.75) is 6.04 Å². The van der Waals surface area contributed by atoms with Crippen LogP contribution in [0.1, 0.15) is 22.2 Å². The molecule has 1 unspecified atom stereocenters. The Hall–Kier alpha value is -1.96. The summed E-state index contributed by atoms with van der Waals surface area (Å²) in [5.74, 6) is -0.0579. The molecule has 1 aromatic heterocycles. The molecule has 0 saturated heterocycles. The van der Waals surface area contributed by atoms with Crippen molar-refractivity contribution >= 4 is 29.1 Å². The Labute approximate surface area is 119 Å². The van der Waals surface area contributed by atoms with E-state index in [9.17, 15) is 4.79 Å². The summed E-state index contributed by atoms with van der Waals surface area (Å²) in [4.78, 5) is 12.0. The fourth-order valence-corrected chi connectivity index (χ4v) is 1.77. The Morgan fingerprint density at radius 3 is 2.68 bits per heavy atom. The monoisotopic (exact) mass is 294 g/mol. The lowest BCUT2D eigenvalue weighted by Gasteiger charge is -2.09. The minimum Gasteiger partial charge on any atom is -0.466 e. The molecule has 0 spiro atoms. The standard InChI is InChI=1S/C13H8Cl2N2O2/c14-9-4-3-8(6-10(9)15)13(18)17-11(7-16)12-2-1-5-19-12/h1-6,11H,(H,17,18). The molecule has 1 heterocycles. The molecule has 2 rings (SSSR count). The van der Waals surface area contributed by atoms with Gasteiger partial charge in [-0.2, -0.15) is 5.26 Å². The Kier molecular flexibility index (Phi) is 4.10. The van der Waals surface area contributed by atoms with E-state index < -0.39 is 11.9 Å². The number of carbonyl (C=O) groups excluding carboxylic acids is 1. The quantitative estimate of drug-likeness (QED) is 0.941. The first-order valence-electron chi connectivity index (χ1n) is 5.30. The van der Waals surface area contributed by atoms with Crippen molar-refractivity contribution in [2.75, 3.05) is 0 Å². The Bertz CT molecular complexity index is 633. The van der Waals surface area contributed by atoms with Crippen molar-refractivity contribution in [3.8, 4) is 6.07 Å². The summed E-state index contributed by atoms with van der Waals surface area (Å²) in [6.45, 7) is 0. The van der Waals surface area contributed by atoms with E-state index in [1.54, 1.807) is 12.1 Å². The number of halogens is 2. The number of nitriles is 1. The molecule has 19 heavy (non-hydrogen) atoms. The Morgan fingerprint density at radius 1 is 1.32 bits per heavy atom. The van der Waals surface area contributed by atoms with Crippen LogP contribution in [0.25, 0.3) is 0 Å². The van der Waals surface area contributed by atoms with Crippen LogP contribution in [0.5, 0.6) is 0 Å². The van der Waals surface area contributed by atoms with Gasteiger partial charge in [0, 0.05) is 5.56 Å². The van der Waals surface area contributed by atoms with Crippen LogP contribution in [0.2, 0.25) is 10.0 Å². The van der Waals surface area contributed by atoms with Crippen molar-refractivity contribution in [3.63, 3.8) is 0 Å². The van der Waals surface area contributed by atoms with Crippen molar-refractivity contribution in [2.24, 2.45) is 0 Å². The molecule has 0 aliphatic carbocycles. The molecule has 1 N–H and O–H groups in total. The smallest absolute Gasteiger partial charge is 0.252 e. The molecule has 1 atom stereocenters. The van der Waals surface area contributed by atoms with Crippen molar-refractivity contribution in [3.05, 3.63) is 58.0 Å². The van der Waals surface area contributed by atoms with Gasteiger partial charge in [-0.1, -0.05) is 23.2 Å². The number of nitrogens with zero attached hydrogens (tertiary/aromatic N) is 1. The molecule has 1 amide bonds. The third kappa shape index (κ3) is 3.08. The maximum atomic E-state index is 12.0. The first-order chi connectivity index (χ1) is 9.11. The number of benzene rings is 1. The highest BCUT2D eigenvalue weighted by Gasteiger charge is 2.17. The first kappa shape index (κ1) is 13.5. The number of carbonyl (C=O) groups is 1. The SMILES string of the molecule is N#CC(NC(=O)c1ccc(Cl)c(Cl)c1)c1ccco1. The van der Waals surface area contributed by atoms with Gasteiger partial charge in [0.15, 0.2) is 6.04 Å². The molecule has 0 aliphatic rings. The number of hydrogen-bond acceptors (Lipinski definition) is 3. The molecule has 2 aromatic rings. The third-order valence-electron chi connectivity index (χ3n) is 2.41. The molecule has 0 fully saturated rings. The van der Waals surface area contributed by atoms with E-state index in [1.807, 2.05) is 6.07 Å². The Morgan fingerprint density at radius 2 is 2.11 bits per heavy atom. The van der Waals surface area contributed by atoms with Crippen LogP contribution in [-0.4, -0.2) is 5.91 Å². The molecule has 6 heteroatoms. The molecule has 0 aliphatic heterocycles. The predicted molar refractivity (Wildman–Crippen MR) is 71.0 cm³/mol. The fourth-order valence-electron chi connectivity index (χ4n) is 1.47. The van der Waals surface area contributed by atoms with Crippen LogP contribution < -0.4 is 5.32 Å². The maximum absolute atomic E-state index is 12.0. The zero-order valence-corrected chi connectivity index (χ0v) is 11.1. The van der Waals surface area contributed by atoms with Crippen LogP contribution in [0.4, 0.5) is 0 Å². The lowest BCUT2D eigenvalue weighted by atomic mass is 10.2. The van der Waals surface area contributed by atoms with Crippen molar-refractivity contribution in [1.29, 1.82) is 5.26 Å². The van der Waals surface area contributed by atoms with E-state index >= 15 is 0 Å². The Balaban J connectivity index is 2.16. The largest absolute Gasteiger partial charge is 0.466 e. The number of rotatable bonds is 3. The summed E-state index contributed by atoms with van der Waals surface area (Å²) in [5.41, 5.74) is 0.321. The first-order valence-corrected chi connectivity index (χ1v) is 6.06. The normalized spacial score (nSPS) is 11.6. The summed E-state index contributed by atoms with van der Waals surface area (Å²) in [5, 5.41) is 12.2. The summed E-state index contributed by atoms with van der Waals surface area (Å²) in [6.07, 6.45) is 1.44. The minimum absolute atomic E-state index is 0.279. The van der Waals surface area contributed by atoms with Gasteiger partial charge in [-0.15, -0.1) is 0 Å². The minimum atomic E-state index is -0.850. The van der Waals surface area contributed by atoms with E-state index in [2.05, 4.69) is 5.32 Å². The van der Waals surface area contributed by atoms with E-state index in [4.69, 9.17) is 32.9 Å². The second-order valence-electron chi connectivity index (χ2n) is 3.68. The topological polar surface area (TPSA) is 66.0 Å². The summed E-state index contributed by atoms with van der Waals surface area (Å²) in [7, 11) is 0. The average Bonchev–Trinajstić information content (AvgIpc) is 2.92. The van der Waals surface area contributed by atoms with Gasteiger partial charge in [-0.05, 0) is 30.3 Å². The zero-order valence-electron chi connectivity index (χ0n) is 9.56. The van der Waals surface area contributed by atoms with Crippen LogP contribution >= 0.6 is 23.2 Å². The molecule has 0 radical (unpaired) electrons. The summed E-state index contributed by atoms with van der Waals surface area (Å²) in [6, 6.07) is 8.84. The second-order valence-corrected chi connectivity index (χ2v) is 4.49. The maximum Gasteiger partial charge on any atom is 0.252 e. The molecular weight excluding hydrogens is 287 g/mol. The molecule has 1 aromatic carbocycles.